The van der Waals surface area contributed by atoms with Crippen molar-refractivity contribution in [1.29, 1.82) is 0 Å². The second-order valence-electron chi connectivity index (χ2n) is 9.60. The van der Waals surface area contributed by atoms with Gasteiger partial charge >= 0.3 is 0 Å². The van der Waals surface area contributed by atoms with Crippen molar-refractivity contribution in [2.24, 2.45) is 0 Å². The molecule has 2 heterocycles. The van der Waals surface area contributed by atoms with Crippen LogP contribution >= 0.6 is 11.8 Å². The van der Waals surface area contributed by atoms with Crippen molar-refractivity contribution in [1.82, 2.24) is 9.97 Å². The fourth-order valence-electron chi connectivity index (χ4n) is 4.78. The molecule has 0 bridgehead atoms. The third-order valence-electron chi connectivity index (χ3n) is 6.77. The van der Waals surface area contributed by atoms with Crippen LogP contribution in [0.4, 0.5) is 28.8 Å². The van der Waals surface area contributed by atoms with Crippen LogP contribution in [0.3, 0.4) is 0 Å². The number of rotatable bonds is 9. The summed E-state index contributed by atoms with van der Waals surface area (Å²) >= 11 is 1.89. The van der Waals surface area contributed by atoms with Gasteiger partial charge in [-0.2, -0.15) is 16.7 Å². The number of carbonyl (C=O) groups is 2. The standard InChI is InChI=1S/C29H33N5O2S/c1-2-3-4-8-27(36)30-20-9-11-21(12-10-20)31-28-24-18-37-16-15-25(24)33-29(34-28)32-22-13-14-23-19(17-22)6-5-7-26(23)35/h9-14,17H,2-8,15-16,18H2,1H3,(H,30,36)(H2,31,32,33,34). The topological polar surface area (TPSA) is 96.0 Å². The number of carbonyl (C=O) groups excluding carboxylic acids is 2. The zero-order valence-electron chi connectivity index (χ0n) is 21.2. The van der Waals surface area contributed by atoms with Gasteiger partial charge in [0.1, 0.15) is 5.82 Å². The maximum Gasteiger partial charge on any atom is 0.229 e. The van der Waals surface area contributed by atoms with Crippen LogP contribution in [0, 0.1) is 0 Å². The summed E-state index contributed by atoms with van der Waals surface area (Å²) in [7, 11) is 0. The number of aryl methyl sites for hydroxylation is 2. The van der Waals surface area contributed by atoms with Crippen molar-refractivity contribution in [2.75, 3.05) is 21.7 Å². The highest BCUT2D eigenvalue weighted by Gasteiger charge is 2.20. The molecule has 1 aromatic heterocycles. The van der Waals surface area contributed by atoms with Crippen LogP contribution in [-0.4, -0.2) is 27.4 Å². The van der Waals surface area contributed by atoms with Gasteiger partial charge in [0.15, 0.2) is 5.78 Å². The SMILES string of the molecule is CCCCCC(=O)Nc1ccc(Nc2nc(Nc3ccc4c(c3)CCCC4=O)nc3c2CSCC3)cc1. The van der Waals surface area contributed by atoms with Gasteiger partial charge in [-0.15, -0.1) is 0 Å². The summed E-state index contributed by atoms with van der Waals surface area (Å²) in [5.41, 5.74) is 6.70. The third kappa shape index (κ3) is 6.31. The number of nitrogens with zero attached hydrogens (tertiary/aromatic N) is 2. The molecule has 0 saturated heterocycles. The lowest BCUT2D eigenvalue weighted by atomic mass is 9.90. The van der Waals surface area contributed by atoms with E-state index in [1.165, 1.54) is 0 Å². The normalized spacial score (nSPS) is 14.5. The Kier molecular flexibility index (Phi) is 8.04. The number of fused-ring (bicyclic) bond motifs is 2. The molecule has 0 radical (unpaired) electrons. The molecule has 0 saturated carbocycles. The van der Waals surface area contributed by atoms with E-state index in [0.29, 0.717) is 18.8 Å². The first-order chi connectivity index (χ1) is 18.1. The molecule has 3 N–H and O–H groups in total. The minimum Gasteiger partial charge on any atom is -0.340 e. The Bertz CT molecular complexity index is 1290. The molecule has 1 aliphatic heterocycles. The number of ketones is 1. The molecule has 1 aliphatic carbocycles. The predicted octanol–water partition coefficient (Wildman–Crippen LogP) is 6.79. The number of amides is 1. The number of hydrogen-bond acceptors (Lipinski definition) is 7. The number of thioether (sulfide) groups is 1. The van der Waals surface area contributed by atoms with Crippen molar-refractivity contribution in [2.45, 2.75) is 64.0 Å². The van der Waals surface area contributed by atoms with Gasteiger partial charge in [0.25, 0.3) is 0 Å². The Morgan fingerprint density at radius 2 is 1.76 bits per heavy atom. The fraction of sp³-hybridized carbons (Fsp3) is 0.379. The van der Waals surface area contributed by atoms with Gasteiger partial charge < -0.3 is 16.0 Å². The average Bonchev–Trinajstić information content (AvgIpc) is 2.90. The molecule has 0 fully saturated rings. The number of Topliss-reactive ketones (excluding diaryl/α,β-unsaturated/α-hetero) is 1. The molecule has 2 aliphatic rings. The second-order valence-corrected chi connectivity index (χ2v) is 10.7. The van der Waals surface area contributed by atoms with Crippen molar-refractivity contribution in [3.05, 3.63) is 64.8 Å². The average molecular weight is 516 g/mol. The van der Waals surface area contributed by atoms with Crippen LogP contribution in [0.25, 0.3) is 0 Å². The lowest BCUT2D eigenvalue weighted by Gasteiger charge is -2.21. The predicted molar refractivity (Wildman–Crippen MR) is 151 cm³/mol. The summed E-state index contributed by atoms with van der Waals surface area (Å²) in [5, 5.41) is 9.82. The van der Waals surface area contributed by atoms with Gasteiger partial charge in [-0.1, -0.05) is 19.8 Å². The van der Waals surface area contributed by atoms with Gasteiger partial charge in [0, 0.05) is 46.8 Å². The maximum atomic E-state index is 12.2. The Morgan fingerprint density at radius 3 is 2.59 bits per heavy atom. The number of nitrogens with one attached hydrogen (secondary N) is 3. The largest absolute Gasteiger partial charge is 0.340 e. The zero-order valence-corrected chi connectivity index (χ0v) is 22.0. The molecule has 5 rings (SSSR count). The molecule has 8 heteroatoms. The summed E-state index contributed by atoms with van der Waals surface area (Å²) < 4.78 is 0. The lowest BCUT2D eigenvalue weighted by molar-refractivity contribution is -0.116. The van der Waals surface area contributed by atoms with Gasteiger partial charge in [-0.25, -0.2) is 4.98 Å². The van der Waals surface area contributed by atoms with Crippen molar-refractivity contribution >= 4 is 52.3 Å². The number of anilines is 5. The van der Waals surface area contributed by atoms with Gasteiger partial charge in [0.05, 0.1) is 5.69 Å². The molecule has 0 spiro atoms. The van der Waals surface area contributed by atoms with Crippen LogP contribution in [-0.2, 0) is 23.4 Å². The molecule has 192 valence electrons. The lowest BCUT2D eigenvalue weighted by Crippen LogP contribution is -2.14. The molecular weight excluding hydrogens is 482 g/mol. The van der Waals surface area contributed by atoms with E-state index in [1.54, 1.807) is 0 Å². The van der Waals surface area contributed by atoms with Crippen molar-refractivity contribution < 1.29 is 9.59 Å². The second kappa shape index (κ2) is 11.8. The smallest absolute Gasteiger partial charge is 0.229 e. The molecule has 0 unspecified atom stereocenters. The summed E-state index contributed by atoms with van der Waals surface area (Å²) in [6.45, 7) is 2.13. The molecule has 0 atom stereocenters. The fourth-order valence-corrected chi connectivity index (χ4v) is 5.77. The minimum absolute atomic E-state index is 0.0540. The van der Waals surface area contributed by atoms with Gasteiger partial charge in [0.2, 0.25) is 11.9 Å². The number of hydrogen-bond donors (Lipinski definition) is 3. The molecule has 7 nitrogen and oxygen atoms in total. The Morgan fingerprint density at radius 1 is 0.946 bits per heavy atom. The van der Waals surface area contributed by atoms with Crippen LogP contribution in [0.5, 0.6) is 0 Å². The minimum atomic E-state index is 0.0540. The molecule has 2 aromatic carbocycles. The van der Waals surface area contributed by atoms with Crippen molar-refractivity contribution in [3.63, 3.8) is 0 Å². The van der Waals surface area contributed by atoms with E-state index in [2.05, 4.69) is 22.9 Å². The third-order valence-corrected chi connectivity index (χ3v) is 7.76. The van der Waals surface area contributed by atoms with Gasteiger partial charge in [-0.3, -0.25) is 9.59 Å². The van der Waals surface area contributed by atoms with E-state index >= 15 is 0 Å². The van der Waals surface area contributed by atoms with E-state index in [-0.39, 0.29) is 11.7 Å². The number of aromatic nitrogens is 2. The molecule has 3 aromatic rings. The van der Waals surface area contributed by atoms with E-state index in [4.69, 9.17) is 9.97 Å². The zero-order chi connectivity index (χ0) is 25.6. The Labute approximate surface area is 222 Å². The molecule has 37 heavy (non-hydrogen) atoms. The highest BCUT2D eigenvalue weighted by molar-refractivity contribution is 7.98. The van der Waals surface area contributed by atoms with E-state index in [9.17, 15) is 9.59 Å². The monoisotopic (exact) mass is 515 g/mol. The summed E-state index contributed by atoms with van der Waals surface area (Å²) in [5.74, 6) is 3.53. The van der Waals surface area contributed by atoms with E-state index < -0.39 is 0 Å². The van der Waals surface area contributed by atoms with Crippen LogP contribution in [0.2, 0.25) is 0 Å². The van der Waals surface area contributed by atoms with Gasteiger partial charge in [-0.05, 0) is 79.5 Å². The summed E-state index contributed by atoms with van der Waals surface area (Å²) in [6.07, 6.45) is 6.98. The highest BCUT2D eigenvalue weighted by atomic mass is 32.2. The first-order valence-electron chi connectivity index (χ1n) is 13.2. The Balaban J connectivity index is 1.32. The summed E-state index contributed by atoms with van der Waals surface area (Å²) in [4.78, 5) is 34.0. The highest BCUT2D eigenvalue weighted by Crippen LogP contribution is 2.32. The Hall–Kier alpha value is -3.39. The van der Waals surface area contributed by atoms with Crippen molar-refractivity contribution in [3.8, 4) is 0 Å². The quantitative estimate of drug-likeness (QED) is 0.270. The summed E-state index contributed by atoms with van der Waals surface area (Å²) in [6, 6.07) is 13.6. The first kappa shape index (κ1) is 25.3. The van der Waals surface area contributed by atoms with Crippen LogP contribution in [0.1, 0.15) is 72.6 Å². The number of unbranched alkanes of at least 4 members (excludes halogenated alkanes) is 2. The number of benzene rings is 2. The van der Waals surface area contributed by atoms with Crippen LogP contribution in [0.15, 0.2) is 42.5 Å². The van der Waals surface area contributed by atoms with Crippen LogP contribution < -0.4 is 16.0 Å². The maximum absolute atomic E-state index is 12.2. The first-order valence-corrected chi connectivity index (χ1v) is 14.3. The molecule has 1 amide bonds. The van der Waals surface area contributed by atoms with E-state index in [0.717, 1.165) is 95.3 Å². The molecular formula is C29H33N5O2S. The van der Waals surface area contributed by atoms with E-state index in [1.807, 2.05) is 54.2 Å².